The standard InChI is InChI=1S/C20H22N2/c1-14-10-15(2)20-17-8-9-22(12-16-6-4-3-5-7-16)13-19(17)21-18(20)11-14/h3-7,10-11,21H,8-9,12-13H2,1-2H3. The maximum absolute atomic E-state index is 3.67. The fourth-order valence-electron chi connectivity index (χ4n) is 3.82. The number of fused-ring (bicyclic) bond motifs is 3. The van der Waals surface area contributed by atoms with Crippen LogP contribution in [-0.2, 0) is 19.5 Å². The van der Waals surface area contributed by atoms with Gasteiger partial charge in [-0.05, 0) is 48.6 Å². The molecule has 3 aromatic rings. The van der Waals surface area contributed by atoms with Crippen LogP contribution in [0.15, 0.2) is 42.5 Å². The average molecular weight is 290 g/mol. The Balaban J connectivity index is 1.65. The molecule has 0 radical (unpaired) electrons. The van der Waals surface area contributed by atoms with E-state index in [-0.39, 0.29) is 0 Å². The van der Waals surface area contributed by atoms with Crippen molar-refractivity contribution in [2.45, 2.75) is 33.4 Å². The number of benzene rings is 2. The first-order chi connectivity index (χ1) is 10.7. The number of nitrogens with zero attached hydrogens (tertiary/aromatic N) is 1. The van der Waals surface area contributed by atoms with Gasteiger partial charge >= 0.3 is 0 Å². The van der Waals surface area contributed by atoms with Gasteiger partial charge in [-0.1, -0.05) is 36.4 Å². The molecule has 2 heteroatoms. The lowest BCUT2D eigenvalue weighted by molar-refractivity contribution is 0.243. The number of aryl methyl sites for hydroxylation is 2. The average Bonchev–Trinajstić information content (AvgIpc) is 2.85. The summed E-state index contributed by atoms with van der Waals surface area (Å²) in [5, 5.41) is 1.46. The smallest absolute Gasteiger partial charge is 0.0464 e. The molecule has 0 aliphatic carbocycles. The minimum Gasteiger partial charge on any atom is -0.357 e. The summed E-state index contributed by atoms with van der Waals surface area (Å²) < 4.78 is 0. The van der Waals surface area contributed by atoms with Crippen molar-refractivity contribution in [3.63, 3.8) is 0 Å². The summed E-state index contributed by atoms with van der Waals surface area (Å²) in [6.45, 7) is 7.61. The van der Waals surface area contributed by atoms with Crippen LogP contribution in [0.4, 0.5) is 0 Å². The summed E-state index contributed by atoms with van der Waals surface area (Å²) in [5.74, 6) is 0. The second kappa shape index (κ2) is 5.29. The van der Waals surface area contributed by atoms with Crippen molar-refractivity contribution >= 4 is 10.9 Å². The van der Waals surface area contributed by atoms with E-state index in [1.54, 1.807) is 0 Å². The highest BCUT2D eigenvalue weighted by Gasteiger charge is 2.21. The van der Waals surface area contributed by atoms with E-state index in [0.29, 0.717) is 0 Å². The predicted molar refractivity (Wildman–Crippen MR) is 92.0 cm³/mol. The van der Waals surface area contributed by atoms with Crippen LogP contribution >= 0.6 is 0 Å². The molecule has 1 aromatic heterocycles. The van der Waals surface area contributed by atoms with E-state index in [0.717, 1.165) is 26.1 Å². The summed E-state index contributed by atoms with van der Waals surface area (Å²) in [6.07, 6.45) is 1.14. The molecule has 0 amide bonds. The van der Waals surface area contributed by atoms with Crippen LogP contribution in [-0.4, -0.2) is 16.4 Å². The molecule has 2 heterocycles. The van der Waals surface area contributed by atoms with Gasteiger partial charge in [0.25, 0.3) is 0 Å². The van der Waals surface area contributed by atoms with Gasteiger partial charge in [0, 0.05) is 36.2 Å². The zero-order valence-electron chi connectivity index (χ0n) is 13.3. The van der Waals surface area contributed by atoms with E-state index in [1.165, 1.54) is 38.9 Å². The number of hydrogen-bond donors (Lipinski definition) is 1. The first-order valence-corrected chi connectivity index (χ1v) is 8.07. The van der Waals surface area contributed by atoms with Crippen molar-refractivity contribution in [1.82, 2.24) is 9.88 Å². The topological polar surface area (TPSA) is 19.0 Å². The summed E-state index contributed by atoms with van der Waals surface area (Å²) >= 11 is 0. The van der Waals surface area contributed by atoms with Crippen LogP contribution in [0.25, 0.3) is 10.9 Å². The van der Waals surface area contributed by atoms with Crippen LogP contribution in [0.2, 0.25) is 0 Å². The fourth-order valence-corrected chi connectivity index (χ4v) is 3.82. The molecule has 0 spiro atoms. The maximum Gasteiger partial charge on any atom is 0.0464 e. The Morgan fingerprint density at radius 3 is 2.73 bits per heavy atom. The Morgan fingerprint density at radius 2 is 1.91 bits per heavy atom. The van der Waals surface area contributed by atoms with Gasteiger partial charge in [-0.3, -0.25) is 4.90 Å². The third-order valence-electron chi connectivity index (χ3n) is 4.74. The maximum atomic E-state index is 3.67. The summed E-state index contributed by atoms with van der Waals surface area (Å²) in [7, 11) is 0. The van der Waals surface area contributed by atoms with Crippen LogP contribution in [0.5, 0.6) is 0 Å². The molecule has 2 nitrogen and oxygen atoms in total. The van der Waals surface area contributed by atoms with Crippen LogP contribution in [0.1, 0.15) is 27.9 Å². The van der Waals surface area contributed by atoms with Crippen molar-refractivity contribution in [2.24, 2.45) is 0 Å². The van der Waals surface area contributed by atoms with Gasteiger partial charge in [0.05, 0.1) is 0 Å². The van der Waals surface area contributed by atoms with Gasteiger partial charge in [-0.25, -0.2) is 0 Å². The quantitative estimate of drug-likeness (QED) is 0.743. The SMILES string of the molecule is Cc1cc(C)c2c3c([nH]c2c1)CN(Cc1ccccc1)CC3. The Bertz CT molecular complexity index is 815. The van der Waals surface area contributed by atoms with E-state index >= 15 is 0 Å². The normalized spacial score (nSPS) is 15.2. The Hall–Kier alpha value is -2.06. The molecular weight excluding hydrogens is 268 g/mol. The molecule has 0 atom stereocenters. The van der Waals surface area contributed by atoms with Crippen LogP contribution in [0.3, 0.4) is 0 Å². The van der Waals surface area contributed by atoms with Gasteiger partial charge in [0.1, 0.15) is 0 Å². The van der Waals surface area contributed by atoms with Gasteiger partial charge in [-0.2, -0.15) is 0 Å². The van der Waals surface area contributed by atoms with Crippen molar-refractivity contribution in [1.29, 1.82) is 0 Å². The largest absolute Gasteiger partial charge is 0.357 e. The monoisotopic (exact) mass is 290 g/mol. The Morgan fingerprint density at radius 1 is 1.09 bits per heavy atom. The number of rotatable bonds is 2. The molecule has 1 aliphatic heterocycles. The summed E-state index contributed by atoms with van der Waals surface area (Å²) in [6, 6.07) is 15.3. The molecule has 0 saturated heterocycles. The Labute approximate surface area is 131 Å². The molecule has 0 unspecified atom stereocenters. The summed E-state index contributed by atoms with van der Waals surface area (Å²) in [5.41, 5.74) is 8.40. The second-order valence-corrected chi connectivity index (χ2v) is 6.53. The van der Waals surface area contributed by atoms with E-state index in [9.17, 15) is 0 Å². The first kappa shape index (κ1) is 13.6. The number of aromatic amines is 1. The Kier molecular flexibility index (Phi) is 3.27. The lowest BCUT2D eigenvalue weighted by Crippen LogP contribution is -2.29. The van der Waals surface area contributed by atoms with Crippen molar-refractivity contribution in [2.75, 3.05) is 6.54 Å². The molecule has 0 saturated carbocycles. The molecule has 112 valence electrons. The second-order valence-electron chi connectivity index (χ2n) is 6.53. The first-order valence-electron chi connectivity index (χ1n) is 8.07. The van der Waals surface area contributed by atoms with Gasteiger partial charge in [0.15, 0.2) is 0 Å². The highest BCUT2D eigenvalue weighted by atomic mass is 15.1. The molecule has 1 aliphatic rings. The third-order valence-corrected chi connectivity index (χ3v) is 4.74. The van der Waals surface area contributed by atoms with E-state index < -0.39 is 0 Å². The molecule has 4 rings (SSSR count). The van der Waals surface area contributed by atoms with Crippen LogP contribution < -0.4 is 0 Å². The molecule has 0 bridgehead atoms. The van der Waals surface area contributed by atoms with Gasteiger partial charge in [-0.15, -0.1) is 0 Å². The van der Waals surface area contributed by atoms with Crippen molar-refractivity contribution in [3.05, 3.63) is 70.4 Å². The van der Waals surface area contributed by atoms with Crippen LogP contribution in [0, 0.1) is 13.8 Å². The highest BCUT2D eigenvalue weighted by Crippen LogP contribution is 2.31. The molecule has 22 heavy (non-hydrogen) atoms. The highest BCUT2D eigenvalue weighted by molar-refractivity contribution is 5.88. The number of aromatic nitrogens is 1. The zero-order valence-corrected chi connectivity index (χ0v) is 13.3. The lowest BCUT2D eigenvalue weighted by Gasteiger charge is -2.27. The number of nitrogens with one attached hydrogen (secondary N) is 1. The number of hydrogen-bond acceptors (Lipinski definition) is 1. The third kappa shape index (κ3) is 2.34. The van der Waals surface area contributed by atoms with Gasteiger partial charge in [0.2, 0.25) is 0 Å². The zero-order chi connectivity index (χ0) is 15.1. The van der Waals surface area contributed by atoms with E-state index in [1.807, 2.05) is 0 Å². The lowest BCUT2D eigenvalue weighted by atomic mass is 9.98. The van der Waals surface area contributed by atoms with Crippen molar-refractivity contribution in [3.8, 4) is 0 Å². The van der Waals surface area contributed by atoms with E-state index in [2.05, 4.69) is 66.2 Å². The van der Waals surface area contributed by atoms with Crippen molar-refractivity contribution < 1.29 is 0 Å². The molecule has 1 N–H and O–H groups in total. The molecule has 0 fully saturated rings. The molecular formula is C20H22N2. The minimum absolute atomic E-state index is 1.03. The fraction of sp³-hybridized carbons (Fsp3) is 0.300. The molecule has 2 aromatic carbocycles. The summed E-state index contributed by atoms with van der Waals surface area (Å²) in [4.78, 5) is 6.21. The predicted octanol–water partition coefficient (Wildman–Crippen LogP) is 4.34. The minimum atomic E-state index is 1.03. The van der Waals surface area contributed by atoms with E-state index in [4.69, 9.17) is 0 Å². The number of H-pyrrole nitrogens is 1. The van der Waals surface area contributed by atoms with Gasteiger partial charge < -0.3 is 4.98 Å².